The van der Waals surface area contributed by atoms with Crippen molar-refractivity contribution in [3.05, 3.63) is 24.3 Å². The monoisotopic (exact) mass is 373 g/mol. The predicted molar refractivity (Wildman–Crippen MR) is 95.7 cm³/mol. The van der Waals surface area contributed by atoms with Crippen LogP contribution in [-0.2, 0) is 10.0 Å². The third-order valence-corrected chi connectivity index (χ3v) is 5.57. The number of anilines is 1. The number of rotatable bonds is 10. The molecule has 1 amide bonds. The number of nitrogens with two attached hydrogens (primary N) is 1. The van der Waals surface area contributed by atoms with Crippen molar-refractivity contribution in [1.82, 2.24) is 9.62 Å². The molecular weight excluding hydrogens is 346 g/mol. The molecule has 1 atom stereocenters. The first-order valence-electron chi connectivity index (χ1n) is 8.13. The number of nitrogen functional groups attached to an aromatic ring is 1. The van der Waals surface area contributed by atoms with Gasteiger partial charge in [-0.3, -0.25) is 0 Å². The Morgan fingerprint density at radius 1 is 1.28 bits per heavy atom. The van der Waals surface area contributed by atoms with E-state index < -0.39 is 22.2 Å². The van der Waals surface area contributed by atoms with Crippen molar-refractivity contribution >= 4 is 21.8 Å². The average molecular weight is 373 g/mol. The predicted octanol–water partition coefficient (Wildman–Crippen LogP) is 1.32. The van der Waals surface area contributed by atoms with Gasteiger partial charge in [-0.05, 0) is 43.0 Å². The van der Waals surface area contributed by atoms with Gasteiger partial charge in [0.15, 0.2) is 0 Å². The van der Waals surface area contributed by atoms with Gasteiger partial charge >= 0.3 is 6.09 Å². The lowest BCUT2D eigenvalue weighted by Gasteiger charge is -2.31. The zero-order valence-corrected chi connectivity index (χ0v) is 15.4. The van der Waals surface area contributed by atoms with Crippen molar-refractivity contribution in [2.75, 3.05) is 25.4 Å². The van der Waals surface area contributed by atoms with Crippen LogP contribution >= 0.6 is 0 Å². The summed E-state index contributed by atoms with van der Waals surface area (Å²) in [7, 11) is -3.80. The fourth-order valence-electron chi connectivity index (χ4n) is 2.44. The van der Waals surface area contributed by atoms with Crippen molar-refractivity contribution in [2.45, 2.75) is 37.6 Å². The molecule has 8 nitrogen and oxygen atoms in total. The number of nitrogens with one attached hydrogen (secondary N) is 1. The van der Waals surface area contributed by atoms with Crippen molar-refractivity contribution in [1.29, 1.82) is 0 Å². The molecule has 1 aromatic rings. The molecule has 0 aliphatic heterocycles. The number of carbonyl (C=O) groups is 1. The van der Waals surface area contributed by atoms with Crippen molar-refractivity contribution < 1.29 is 23.4 Å². The summed E-state index contributed by atoms with van der Waals surface area (Å²) >= 11 is 0. The second kappa shape index (κ2) is 9.59. The quantitative estimate of drug-likeness (QED) is 0.361. The Hall–Kier alpha value is -1.84. The summed E-state index contributed by atoms with van der Waals surface area (Å²) in [6.07, 6.45) is -0.366. The van der Waals surface area contributed by atoms with E-state index in [2.05, 4.69) is 5.32 Å². The number of nitrogens with zero attached hydrogens (tertiary/aromatic N) is 1. The standard InChI is InChI=1S/C16H27N3O5S/c1-12(2)10-19(14(11-20)4-3-9-18-16(21)22)25(23,24)15-7-5-13(17)6-8-15/h5-8,12,14,18,20H,3-4,9-11,17H2,1-2H3,(H,21,22). The lowest BCUT2D eigenvalue weighted by Crippen LogP contribution is -2.44. The molecule has 25 heavy (non-hydrogen) atoms. The third kappa shape index (κ3) is 6.52. The van der Waals surface area contributed by atoms with E-state index in [4.69, 9.17) is 10.8 Å². The van der Waals surface area contributed by atoms with Gasteiger partial charge in [-0.1, -0.05) is 13.8 Å². The minimum atomic E-state index is -3.80. The summed E-state index contributed by atoms with van der Waals surface area (Å²) in [5.74, 6) is 0.0646. The Balaban J connectivity index is 2.99. The lowest BCUT2D eigenvalue weighted by molar-refractivity contribution is 0.167. The number of hydrogen-bond acceptors (Lipinski definition) is 5. The summed E-state index contributed by atoms with van der Waals surface area (Å²) in [5.41, 5.74) is 6.08. The molecule has 9 heteroatoms. The van der Waals surface area contributed by atoms with E-state index in [0.717, 1.165) is 0 Å². The van der Waals surface area contributed by atoms with Crippen LogP contribution in [0.5, 0.6) is 0 Å². The summed E-state index contributed by atoms with van der Waals surface area (Å²) in [6.45, 7) is 3.90. The van der Waals surface area contributed by atoms with Crippen LogP contribution in [0.25, 0.3) is 0 Å². The first kappa shape index (κ1) is 21.2. The Labute approximate surface area is 148 Å². The Kier molecular flexibility index (Phi) is 8.14. The zero-order chi connectivity index (χ0) is 19.0. The van der Waals surface area contributed by atoms with Gasteiger partial charge in [-0.25, -0.2) is 13.2 Å². The molecule has 0 saturated heterocycles. The highest BCUT2D eigenvalue weighted by molar-refractivity contribution is 7.89. The molecule has 5 N–H and O–H groups in total. The molecule has 0 radical (unpaired) electrons. The summed E-state index contributed by atoms with van der Waals surface area (Å²) in [5, 5.41) is 20.5. The van der Waals surface area contributed by atoms with E-state index in [1.54, 1.807) is 0 Å². The second-order valence-electron chi connectivity index (χ2n) is 6.25. The maximum atomic E-state index is 13.0. The fourth-order valence-corrected chi connectivity index (χ4v) is 4.25. The normalized spacial score (nSPS) is 13.2. The minimum absolute atomic E-state index is 0.0646. The smallest absolute Gasteiger partial charge is 0.404 e. The molecule has 0 bridgehead atoms. The molecule has 0 aliphatic carbocycles. The number of amides is 1. The number of aliphatic hydroxyl groups is 1. The topological polar surface area (TPSA) is 133 Å². The first-order chi connectivity index (χ1) is 11.7. The third-order valence-electron chi connectivity index (χ3n) is 3.64. The first-order valence-corrected chi connectivity index (χ1v) is 9.57. The molecule has 0 aromatic heterocycles. The molecular formula is C16H27N3O5S. The summed E-state index contributed by atoms with van der Waals surface area (Å²) in [4.78, 5) is 10.6. The van der Waals surface area contributed by atoms with Gasteiger partial charge in [-0.2, -0.15) is 4.31 Å². The van der Waals surface area contributed by atoms with Crippen LogP contribution in [0.1, 0.15) is 26.7 Å². The molecule has 142 valence electrons. The van der Waals surface area contributed by atoms with Gasteiger partial charge < -0.3 is 21.3 Å². The molecule has 0 aliphatic rings. The van der Waals surface area contributed by atoms with Gasteiger partial charge in [0.25, 0.3) is 0 Å². The van der Waals surface area contributed by atoms with E-state index in [1.165, 1.54) is 28.6 Å². The molecule has 0 spiro atoms. The Morgan fingerprint density at radius 3 is 2.36 bits per heavy atom. The van der Waals surface area contributed by atoms with Gasteiger partial charge in [0.05, 0.1) is 11.5 Å². The van der Waals surface area contributed by atoms with E-state index in [0.29, 0.717) is 18.5 Å². The highest BCUT2D eigenvalue weighted by Gasteiger charge is 2.31. The largest absolute Gasteiger partial charge is 0.465 e. The molecule has 1 aromatic carbocycles. The number of carboxylic acid groups (broad SMARTS) is 1. The van der Waals surface area contributed by atoms with Crippen LogP contribution < -0.4 is 11.1 Å². The van der Waals surface area contributed by atoms with E-state index >= 15 is 0 Å². The highest BCUT2D eigenvalue weighted by Crippen LogP contribution is 2.22. The molecule has 0 saturated carbocycles. The molecule has 0 heterocycles. The Morgan fingerprint density at radius 2 is 1.88 bits per heavy atom. The number of sulfonamides is 1. The maximum Gasteiger partial charge on any atom is 0.404 e. The van der Waals surface area contributed by atoms with E-state index in [1.807, 2.05) is 13.8 Å². The Bertz CT molecular complexity index is 646. The fraction of sp³-hybridized carbons (Fsp3) is 0.562. The van der Waals surface area contributed by atoms with Crippen LogP contribution in [0.3, 0.4) is 0 Å². The van der Waals surface area contributed by atoms with E-state index in [9.17, 15) is 18.3 Å². The maximum absolute atomic E-state index is 13.0. The number of benzene rings is 1. The van der Waals surface area contributed by atoms with Gasteiger partial charge in [0.1, 0.15) is 0 Å². The number of aliphatic hydroxyl groups excluding tert-OH is 1. The van der Waals surface area contributed by atoms with Crippen molar-refractivity contribution in [2.24, 2.45) is 5.92 Å². The second-order valence-corrected chi connectivity index (χ2v) is 8.14. The highest BCUT2D eigenvalue weighted by atomic mass is 32.2. The van der Waals surface area contributed by atoms with Crippen LogP contribution in [0.15, 0.2) is 29.2 Å². The van der Waals surface area contributed by atoms with E-state index in [-0.39, 0.29) is 30.5 Å². The minimum Gasteiger partial charge on any atom is -0.465 e. The molecule has 1 unspecified atom stereocenters. The van der Waals surface area contributed by atoms with Crippen LogP contribution in [0.4, 0.5) is 10.5 Å². The van der Waals surface area contributed by atoms with Gasteiger partial charge in [-0.15, -0.1) is 0 Å². The summed E-state index contributed by atoms with van der Waals surface area (Å²) < 4.78 is 27.3. The van der Waals surface area contributed by atoms with Gasteiger partial charge in [0, 0.05) is 24.8 Å². The average Bonchev–Trinajstić information content (AvgIpc) is 2.53. The van der Waals surface area contributed by atoms with Crippen LogP contribution in [-0.4, -0.2) is 54.8 Å². The van der Waals surface area contributed by atoms with Crippen LogP contribution in [0.2, 0.25) is 0 Å². The van der Waals surface area contributed by atoms with Crippen molar-refractivity contribution in [3.63, 3.8) is 0 Å². The van der Waals surface area contributed by atoms with Gasteiger partial charge in [0.2, 0.25) is 10.0 Å². The molecule has 0 fully saturated rings. The zero-order valence-electron chi connectivity index (χ0n) is 14.6. The lowest BCUT2D eigenvalue weighted by atomic mass is 10.1. The van der Waals surface area contributed by atoms with Crippen molar-refractivity contribution in [3.8, 4) is 0 Å². The summed E-state index contributed by atoms with van der Waals surface area (Å²) in [6, 6.07) is 5.30. The number of hydrogen-bond donors (Lipinski definition) is 4. The van der Waals surface area contributed by atoms with Crippen LogP contribution in [0, 0.1) is 5.92 Å². The molecule has 1 rings (SSSR count). The SMILES string of the molecule is CC(C)CN(C(CO)CCCNC(=O)O)S(=O)(=O)c1ccc(N)cc1.